The number of nitrogens with one attached hydrogen (secondary N) is 2. The van der Waals surface area contributed by atoms with Gasteiger partial charge in [-0.1, -0.05) is 49.2 Å². The van der Waals surface area contributed by atoms with Crippen molar-refractivity contribution in [1.29, 1.82) is 0 Å². The number of piperazine rings is 1. The van der Waals surface area contributed by atoms with Gasteiger partial charge in [0.15, 0.2) is 0 Å². The molecule has 38 heavy (non-hydrogen) atoms. The number of methoxy groups -OCH3 is 1. The van der Waals surface area contributed by atoms with Crippen LogP contribution < -0.4 is 10.6 Å². The molecule has 1 aliphatic heterocycles. The van der Waals surface area contributed by atoms with Crippen LogP contribution in [0.25, 0.3) is 0 Å². The number of rotatable bonds is 10. The number of hydrogen-bond donors (Lipinski definition) is 2. The van der Waals surface area contributed by atoms with Crippen LogP contribution in [0.1, 0.15) is 30.9 Å². The van der Waals surface area contributed by atoms with Crippen LogP contribution in [-0.4, -0.2) is 79.6 Å². The van der Waals surface area contributed by atoms with Crippen molar-refractivity contribution in [3.63, 3.8) is 0 Å². The van der Waals surface area contributed by atoms with Crippen LogP contribution in [0.15, 0.2) is 48.5 Å². The summed E-state index contributed by atoms with van der Waals surface area (Å²) in [5.74, 6) is -0.690. The van der Waals surface area contributed by atoms with Crippen molar-refractivity contribution in [2.45, 2.75) is 50.7 Å². The third kappa shape index (κ3) is 7.91. The van der Waals surface area contributed by atoms with E-state index in [0.717, 1.165) is 24.0 Å². The first-order valence-electron chi connectivity index (χ1n) is 12.8. The number of alkyl carbamates (subject to hydrolysis) is 1. The van der Waals surface area contributed by atoms with Gasteiger partial charge in [0.1, 0.15) is 11.9 Å². The second-order valence-electron chi connectivity index (χ2n) is 9.45. The molecule has 0 spiro atoms. The van der Waals surface area contributed by atoms with E-state index in [0.29, 0.717) is 31.1 Å². The standard InChI is InChI=1S/C28H36ClFN4O4/c1-4-5-23-18-33(25(26(35)31-2)17-20-6-10-21(29)11-7-20)14-15-34(23)27(36)24(32-28(37)38-3)16-19-8-12-22(30)13-9-19/h6-13,23-25H,4-5,14-18H2,1-3H3,(H,31,35)(H,32,37). The van der Waals surface area contributed by atoms with Crippen molar-refractivity contribution < 1.29 is 23.5 Å². The molecule has 206 valence electrons. The molecule has 0 bridgehead atoms. The summed E-state index contributed by atoms with van der Waals surface area (Å²) in [6, 6.07) is 11.9. The number of hydrogen-bond acceptors (Lipinski definition) is 5. The van der Waals surface area contributed by atoms with Gasteiger partial charge in [0.2, 0.25) is 11.8 Å². The Bertz CT molecular complexity index is 1080. The summed E-state index contributed by atoms with van der Waals surface area (Å²) in [6.07, 6.45) is 1.59. The normalized spacial score (nSPS) is 17.4. The molecule has 1 heterocycles. The second kappa shape index (κ2) is 14.1. The molecule has 2 N–H and O–H groups in total. The number of nitrogens with zero attached hydrogens (tertiary/aromatic N) is 2. The number of benzene rings is 2. The predicted octanol–water partition coefficient (Wildman–Crippen LogP) is 3.42. The maximum Gasteiger partial charge on any atom is 0.407 e. The summed E-state index contributed by atoms with van der Waals surface area (Å²) >= 11 is 6.03. The van der Waals surface area contributed by atoms with Crippen molar-refractivity contribution in [3.05, 3.63) is 70.5 Å². The Morgan fingerprint density at radius 3 is 2.29 bits per heavy atom. The number of halogens is 2. The van der Waals surface area contributed by atoms with E-state index in [4.69, 9.17) is 16.3 Å². The highest BCUT2D eigenvalue weighted by molar-refractivity contribution is 6.30. The van der Waals surface area contributed by atoms with Gasteiger partial charge in [-0.3, -0.25) is 14.5 Å². The molecular formula is C28H36ClFN4O4. The SMILES string of the molecule is CCCC1CN(C(Cc2ccc(Cl)cc2)C(=O)NC)CCN1C(=O)C(Cc1ccc(F)cc1)NC(=O)OC. The first kappa shape index (κ1) is 29.4. The third-order valence-corrected chi connectivity index (χ3v) is 7.13. The summed E-state index contributed by atoms with van der Waals surface area (Å²) in [5.41, 5.74) is 1.71. The lowest BCUT2D eigenvalue weighted by atomic mass is 9.98. The third-order valence-electron chi connectivity index (χ3n) is 6.88. The van der Waals surface area contributed by atoms with Gasteiger partial charge in [-0.2, -0.15) is 0 Å². The zero-order valence-electron chi connectivity index (χ0n) is 22.1. The minimum atomic E-state index is -0.873. The highest BCUT2D eigenvalue weighted by atomic mass is 35.5. The van der Waals surface area contributed by atoms with Crippen LogP contribution in [0, 0.1) is 5.82 Å². The quantitative estimate of drug-likeness (QED) is 0.476. The molecule has 3 atom stereocenters. The second-order valence-corrected chi connectivity index (χ2v) is 9.89. The molecule has 2 aromatic carbocycles. The molecule has 1 aliphatic rings. The van der Waals surface area contributed by atoms with Gasteiger partial charge in [0.05, 0.1) is 13.2 Å². The van der Waals surface area contributed by atoms with Crippen LogP contribution in [0.3, 0.4) is 0 Å². The van der Waals surface area contributed by atoms with Crippen molar-refractivity contribution in [3.8, 4) is 0 Å². The Labute approximate surface area is 228 Å². The molecule has 1 fully saturated rings. The summed E-state index contributed by atoms with van der Waals surface area (Å²) in [5, 5.41) is 6.07. The van der Waals surface area contributed by atoms with Crippen molar-refractivity contribution >= 4 is 29.5 Å². The van der Waals surface area contributed by atoms with E-state index in [1.54, 1.807) is 24.1 Å². The largest absolute Gasteiger partial charge is 0.453 e. The average molecular weight is 547 g/mol. The minimum Gasteiger partial charge on any atom is -0.453 e. The van der Waals surface area contributed by atoms with Crippen molar-refractivity contribution in [1.82, 2.24) is 20.4 Å². The maximum atomic E-state index is 13.8. The zero-order valence-corrected chi connectivity index (χ0v) is 22.8. The fourth-order valence-electron chi connectivity index (χ4n) is 4.89. The molecular weight excluding hydrogens is 511 g/mol. The summed E-state index contributed by atoms with van der Waals surface area (Å²) in [4.78, 5) is 42.7. The van der Waals surface area contributed by atoms with Crippen LogP contribution in [0.4, 0.5) is 9.18 Å². The van der Waals surface area contributed by atoms with E-state index >= 15 is 0 Å². The molecule has 0 radical (unpaired) electrons. The van der Waals surface area contributed by atoms with Crippen LogP contribution >= 0.6 is 11.6 Å². The van der Waals surface area contributed by atoms with E-state index in [1.807, 2.05) is 31.2 Å². The highest BCUT2D eigenvalue weighted by Gasteiger charge is 2.38. The Morgan fingerprint density at radius 2 is 1.68 bits per heavy atom. The fraction of sp³-hybridized carbons (Fsp3) is 0.464. The number of ether oxygens (including phenoxy) is 1. The Hall–Kier alpha value is -3.17. The minimum absolute atomic E-state index is 0.0866. The van der Waals surface area contributed by atoms with Gasteiger partial charge in [-0.05, 0) is 48.2 Å². The number of carbonyl (C=O) groups is 3. The Morgan fingerprint density at radius 1 is 1.05 bits per heavy atom. The lowest BCUT2D eigenvalue weighted by molar-refractivity contribution is -0.140. The van der Waals surface area contributed by atoms with Gasteiger partial charge in [0, 0.05) is 44.2 Å². The van der Waals surface area contributed by atoms with Gasteiger partial charge in [-0.15, -0.1) is 0 Å². The molecule has 0 aliphatic carbocycles. The first-order valence-corrected chi connectivity index (χ1v) is 13.2. The smallest absolute Gasteiger partial charge is 0.407 e. The van der Waals surface area contributed by atoms with E-state index in [9.17, 15) is 18.8 Å². The first-order chi connectivity index (χ1) is 18.2. The highest BCUT2D eigenvalue weighted by Crippen LogP contribution is 2.22. The fourth-order valence-corrected chi connectivity index (χ4v) is 5.01. The Balaban J connectivity index is 1.79. The van der Waals surface area contributed by atoms with Crippen LogP contribution in [-0.2, 0) is 27.2 Å². The maximum absolute atomic E-state index is 13.8. The van der Waals surface area contributed by atoms with Crippen molar-refractivity contribution in [2.75, 3.05) is 33.8 Å². The molecule has 0 aromatic heterocycles. The monoisotopic (exact) mass is 546 g/mol. The lowest BCUT2D eigenvalue weighted by Crippen LogP contribution is -2.63. The van der Waals surface area contributed by atoms with Gasteiger partial charge >= 0.3 is 6.09 Å². The summed E-state index contributed by atoms with van der Waals surface area (Å²) in [7, 11) is 2.87. The molecule has 10 heteroatoms. The van der Waals surface area contributed by atoms with E-state index in [2.05, 4.69) is 15.5 Å². The number of amides is 3. The van der Waals surface area contributed by atoms with E-state index < -0.39 is 18.2 Å². The molecule has 3 amide bonds. The van der Waals surface area contributed by atoms with Gasteiger partial charge in [0.25, 0.3) is 0 Å². The lowest BCUT2D eigenvalue weighted by Gasteiger charge is -2.45. The topological polar surface area (TPSA) is 91.0 Å². The van der Waals surface area contributed by atoms with Gasteiger partial charge in [-0.25, -0.2) is 9.18 Å². The molecule has 3 unspecified atom stereocenters. The predicted molar refractivity (Wildman–Crippen MR) is 144 cm³/mol. The molecule has 1 saturated heterocycles. The molecule has 0 saturated carbocycles. The summed E-state index contributed by atoms with van der Waals surface area (Å²) in [6.45, 7) is 3.47. The van der Waals surface area contributed by atoms with E-state index in [-0.39, 0.29) is 30.1 Å². The van der Waals surface area contributed by atoms with E-state index in [1.165, 1.54) is 19.2 Å². The van der Waals surface area contributed by atoms with Gasteiger partial charge < -0.3 is 20.3 Å². The van der Waals surface area contributed by atoms with Crippen molar-refractivity contribution in [2.24, 2.45) is 0 Å². The number of likely N-dealkylation sites (N-methyl/N-ethyl adjacent to an activating group) is 1. The van der Waals surface area contributed by atoms with Crippen LogP contribution in [0.2, 0.25) is 5.02 Å². The average Bonchev–Trinajstić information content (AvgIpc) is 2.92. The molecule has 8 nitrogen and oxygen atoms in total. The molecule has 2 aromatic rings. The summed E-state index contributed by atoms with van der Waals surface area (Å²) < 4.78 is 18.2. The van der Waals surface area contributed by atoms with Crippen LogP contribution in [0.5, 0.6) is 0 Å². The zero-order chi connectivity index (χ0) is 27.7. The molecule has 3 rings (SSSR count). The Kier molecular flexibility index (Phi) is 10.9. The number of carbonyl (C=O) groups excluding carboxylic acids is 3.